The molecule has 1 aromatic carbocycles. The molecule has 2 aromatic heterocycles. The quantitative estimate of drug-likeness (QED) is 0.734. The highest BCUT2D eigenvalue weighted by Gasteiger charge is 2.05. The molecule has 0 fully saturated rings. The van der Waals surface area contributed by atoms with Gasteiger partial charge in [0.15, 0.2) is 0 Å². The van der Waals surface area contributed by atoms with E-state index < -0.39 is 0 Å². The molecule has 0 aliphatic rings. The normalized spacial score (nSPS) is 11.1. The van der Waals surface area contributed by atoms with Gasteiger partial charge in [-0.15, -0.1) is 10.2 Å². The summed E-state index contributed by atoms with van der Waals surface area (Å²) in [5.74, 6) is 0.578. The van der Waals surface area contributed by atoms with Gasteiger partial charge in [0.05, 0.1) is 11.0 Å². The number of nitrogens with one attached hydrogen (secondary N) is 2. The Hall–Kier alpha value is -2.02. The Morgan fingerprint density at radius 1 is 1.29 bits per heavy atom. The predicted octanol–water partition coefficient (Wildman–Crippen LogP) is 3.16. The molecular formula is C14H16FN5S. The van der Waals surface area contributed by atoms with E-state index in [1.807, 2.05) is 0 Å². The number of hydrogen-bond acceptors (Lipinski definition) is 5. The highest BCUT2D eigenvalue weighted by atomic mass is 32.1. The summed E-state index contributed by atoms with van der Waals surface area (Å²) >= 11 is 1.59. The van der Waals surface area contributed by atoms with E-state index in [1.54, 1.807) is 17.4 Å². The largest absolute Gasteiger partial charge is 0.360 e. The van der Waals surface area contributed by atoms with Crippen LogP contribution in [0.1, 0.15) is 24.2 Å². The maximum Gasteiger partial charge on any atom is 0.205 e. The average Bonchev–Trinajstić information content (AvgIpc) is 3.05. The monoisotopic (exact) mass is 305 g/mol. The molecule has 5 nitrogen and oxygen atoms in total. The maximum atomic E-state index is 13.1. The smallest absolute Gasteiger partial charge is 0.205 e. The van der Waals surface area contributed by atoms with Crippen molar-refractivity contribution in [2.45, 2.75) is 26.2 Å². The van der Waals surface area contributed by atoms with Gasteiger partial charge in [-0.05, 0) is 24.6 Å². The number of hydrogen-bond donors (Lipinski definition) is 2. The number of imidazole rings is 1. The van der Waals surface area contributed by atoms with E-state index >= 15 is 0 Å². The van der Waals surface area contributed by atoms with Crippen LogP contribution in [0.25, 0.3) is 11.0 Å². The molecule has 0 aliphatic carbocycles. The molecule has 0 radical (unpaired) electrons. The van der Waals surface area contributed by atoms with Gasteiger partial charge in [0.25, 0.3) is 0 Å². The highest BCUT2D eigenvalue weighted by Crippen LogP contribution is 2.17. The van der Waals surface area contributed by atoms with Crippen molar-refractivity contribution in [1.82, 2.24) is 20.2 Å². The molecule has 0 atom stereocenters. The molecule has 0 aliphatic heterocycles. The molecule has 110 valence electrons. The van der Waals surface area contributed by atoms with E-state index in [1.165, 1.54) is 12.1 Å². The van der Waals surface area contributed by atoms with Crippen LogP contribution in [0.4, 0.5) is 9.52 Å². The topological polar surface area (TPSA) is 66.5 Å². The van der Waals surface area contributed by atoms with Gasteiger partial charge >= 0.3 is 0 Å². The van der Waals surface area contributed by atoms with Crippen LogP contribution in [0.3, 0.4) is 0 Å². The van der Waals surface area contributed by atoms with Crippen LogP contribution < -0.4 is 5.32 Å². The Balaban J connectivity index is 1.58. The van der Waals surface area contributed by atoms with E-state index in [-0.39, 0.29) is 5.82 Å². The Morgan fingerprint density at radius 2 is 2.19 bits per heavy atom. The minimum absolute atomic E-state index is 0.256. The van der Waals surface area contributed by atoms with Crippen LogP contribution in [-0.2, 0) is 12.8 Å². The van der Waals surface area contributed by atoms with Crippen LogP contribution in [0.5, 0.6) is 0 Å². The zero-order valence-electron chi connectivity index (χ0n) is 11.7. The van der Waals surface area contributed by atoms with Crippen LogP contribution in [0.2, 0.25) is 0 Å². The van der Waals surface area contributed by atoms with E-state index in [9.17, 15) is 4.39 Å². The molecule has 2 N–H and O–H groups in total. The van der Waals surface area contributed by atoms with Gasteiger partial charge in [0, 0.05) is 19.4 Å². The van der Waals surface area contributed by atoms with Gasteiger partial charge < -0.3 is 10.3 Å². The van der Waals surface area contributed by atoms with Crippen LogP contribution in [0.15, 0.2) is 18.2 Å². The SMILES string of the molecule is CCCc1nnc(NCCc2nc3ccc(F)cc3[nH]2)s1. The summed E-state index contributed by atoms with van der Waals surface area (Å²) < 4.78 is 13.1. The first kappa shape index (κ1) is 13.9. The summed E-state index contributed by atoms with van der Waals surface area (Å²) in [4.78, 5) is 7.55. The summed E-state index contributed by atoms with van der Waals surface area (Å²) in [6, 6.07) is 4.56. The lowest BCUT2D eigenvalue weighted by Gasteiger charge is -1.98. The van der Waals surface area contributed by atoms with E-state index in [0.29, 0.717) is 6.54 Å². The average molecular weight is 305 g/mol. The van der Waals surface area contributed by atoms with Gasteiger partial charge in [-0.25, -0.2) is 9.37 Å². The van der Waals surface area contributed by atoms with Gasteiger partial charge in [-0.1, -0.05) is 18.3 Å². The third-order valence-corrected chi connectivity index (χ3v) is 4.00. The molecule has 0 unspecified atom stereocenters. The molecule has 7 heteroatoms. The minimum atomic E-state index is -0.256. The molecule has 0 saturated carbocycles. The van der Waals surface area contributed by atoms with Crippen LogP contribution in [-0.4, -0.2) is 26.7 Å². The Morgan fingerprint density at radius 3 is 3.05 bits per heavy atom. The number of benzene rings is 1. The molecule has 0 bridgehead atoms. The molecule has 2 heterocycles. The molecule has 0 saturated heterocycles. The van der Waals surface area contributed by atoms with Crippen molar-refractivity contribution in [2.24, 2.45) is 0 Å². The zero-order valence-corrected chi connectivity index (χ0v) is 12.5. The third kappa shape index (κ3) is 3.36. The summed E-state index contributed by atoms with van der Waals surface area (Å²) in [5.41, 5.74) is 1.51. The Bertz CT molecular complexity index is 736. The number of nitrogens with zero attached hydrogens (tertiary/aromatic N) is 3. The number of aryl methyl sites for hydroxylation is 1. The molecule has 0 amide bonds. The molecular weight excluding hydrogens is 289 g/mol. The van der Waals surface area contributed by atoms with Crippen LogP contribution in [0, 0.1) is 5.82 Å². The standard InChI is InChI=1S/C14H16FN5S/c1-2-3-13-19-20-14(21-13)16-7-6-12-17-10-5-4-9(15)8-11(10)18-12/h4-5,8H,2-3,6-7H2,1H3,(H,16,20)(H,17,18). The summed E-state index contributed by atoms with van der Waals surface area (Å²) in [5, 5.41) is 13.3. The van der Waals surface area contributed by atoms with Gasteiger partial charge in [0.1, 0.15) is 16.6 Å². The molecule has 21 heavy (non-hydrogen) atoms. The number of H-pyrrole nitrogens is 1. The first-order valence-corrected chi connectivity index (χ1v) is 7.76. The lowest BCUT2D eigenvalue weighted by Crippen LogP contribution is -2.05. The lowest BCUT2D eigenvalue weighted by atomic mass is 10.3. The first-order valence-electron chi connectivity index (χ1n) is 6.95. The van der Waals surface area contributed by atoms with Crippen molar-refractivity contribution in [2.75, 3.05) is 11.9 Å². The number of halogens is 1. The number of rotatable bonds is 6. The van der Waals surface area contributed by atoms with E-state index in [4.69, 9.17) is 0 Å². The number of anilines is 1. The Labute approximate surface area is 125 Å². The minimum Gasteiger partial charge on any atom is -0.360 e. The fraction of sp³-hybridized carbons (Fsp3) is 0.357. The lowest BCUT2D eigenvalue weighted by molar-refractivity contribution is 0.629. The van der Waals surface area contributed by atoms with Crippen molar-refractivity contribution in [1.29, 1.82) is 0 Å². The Kier molecular flexibility index (Phi) is 4.10. The van der Waals surface area contributed by atoms with Crippen molar-refractivity contribution < 1.29 is 4.39 Å². The fourth-order valence-electron chi connectivity index (χ4n) is 2.08. The van der Waals surface area contributed by atoms with Gasteiger partial charge in [-0.2, -0.15) is 0 Å². The zero-order chi connectivity index (χ0) is 14.7. The molecule has 3 rings (SSSR count). The van der Waals surface area contributed by atoms with Crippen molar-refractivity contribution >= 4 is 27.5 Å². The number of aromatic nitrogens is 4. The van der Waals surface area contributed by atoms with Gasteiger partial charge in [0.2, 0.25) is 5.13 Å². The molecule has 3 aromatic rings. The first-order chi connectivity index (χ1) is 10.2. The van der Waals surface area contributed by atoms with E-state index in [2.05, 4.69) is 32.4 Å². The summed E-state index contributed by atoms with van der Waals surface area (Å²) in [6.07, 6.45) is 2.76. The number of fused-ring (bicyclic) bond motifs is 1. The van der Waals surface area contributed by atoms with E-state index in [0.717, 1.165) is 46.3 Å². The fourth-order valence-corrected chi connectivity index (χ4v) is 2.95. The summed E-state index contributed by atoms with van der Waals surface area (Å²) in [7, 11) is 0. The van der Waals surface area contributed by atoms with Crippen molar-refractivity contribution in [3.8, 4) is 0 Å². The second-order valence-corrected chi connectivity index (χ2v) is 5.83. The van der Waals surface area contributed by atoms with Crippen LogP contribution >= 0.6 is 11.3 Å². The van der Waals surface area contributed by atoms with Gasteiger partial charge in [-0.3, -0.25) is 0 Å². The van der Waals surface area contributed by atoms with Crippen molar-refractivity contribution in [3.63, 3.8) is 0 Å². The number of aromatic amines is 1. The highest BCUT2D eigenvalue weighted by molar-refractivity contribution is 7.15. The third-order valence-electron chi connectivity index (χ3n) is 3.06. The maximum absolute atomic E-state index is 13.1. The predicted molar refractivity (Wildman–Crippen MR) is 82.1 cm³/mol. The molecule has 0 spiro atoms. The second-order valence-electron chi connectivity index (χ2n) is 4.77. The van der Waals surface area contributed by atoms with Crippen molar-refractivity contribution in [3.05, 3.63) is 34.8 Å². The second kappa shape index (κ2) is 6.17. The summed E-state index contributed by atoms with van der Waals surface area (Å²) in [6.45, 7) is 2.84.